The molecule has 3 aromatic rings. The van der Waals surface area contributed by atoms with E-state index in [9.17, 15) is 0 Å². The van der Waals surface area contributed by atoms with E-state index in [1.807, 2.05) is 47.0 Å². The predicted molar refractivity (Wildman–Crippen MR) is 89.5 cm³/mol. The maximum Gasteiger partial charge on any atom is 0.248 e. The second-order valence-corrected chi connectivity index (χ2v) is 7.36. The number of alkyl halides is 3. The van der Waals surface area contributed by atoms with E-state index in [0.29, 0.717) is 17.4 Å². The lowest BCUT2D eigenvalue weighted by molar-refractivity contribution is 0.759. The van der Waals surface area contributed by atoms with Gasteiger partial charge in [0.2, 0.25) is 3.79 Å². The molecule has 1 heterocycles. The molecule has 6 heteroatoms. The first-order valence-corrected chi connectivity index (χ1v) is 7.73. The molecule has 21 heavy (non-hydrogen) atoms. The van der Waals surface area contributed by atoms with Gasteiger partial charge in [-0.3, -0.25) is 0 Å². The highest BCUT2D eigenvalue weighted by atomic mass is 35.6. The van der Waals surface area contributed by atoms with Crippen molar-refractivity contribution in [2.45, 2.75) is 10.3 Å². The first-order valence-electron chi connectivity index (χ1n) is 6.22. The van der Waals surface area contributed by atoms with Crippen LogP contribution in [0.2, 0.25) is 5.02 Å². The second-order valence-electron chi connectivity index (χ2n) is 4.64. The number of benzene rings is 2. The maximum atomic E-state index is 6.08. The Kier molecular flexibility index (Phi) is 4.06. The van der Waals surface area contributed by atoms with Gasteiger partial charge in [-0.05, 0) is 23.8 Å². The van der Waals surface area contributed by atoms with E-state index in [1.165, 1.54) is 0 Å². The van der Waals surface area contributed by atoms with Crippen LogP contribution in [0.3, 0.4) is 0 Å². The zero-order valence-electron chi connectivity index (χ0n) is 10.7. The molecule has 0 radical (unpaired) electrons. The molecule has 0 atom stereocenters. The van der Waals surface area contributed by atoms with Crippen LogP contribution in [0, 0.1) is 0 Å². The standard InChI is InChI=1S/C15H10Cl4N2/c16-11-6-7-12-13(8-11)21(14(20-12)15(17,18)19)9-10-4-2-1-3-5-10/h1-8H,9H2. The molecular formula is C15H10Cl4N2. The van der Waals surface area contributed by atoms with Crippen LogP contribution in [0.4, 0.5) is 0 Å². The van der Waals surface area contributed by atoms with Crippen molar-refractivity contribution in [3.63, 3.8) is 0 Å². The molecular weight excluding hydrogens is 350 g/mol. The Balaban J connectivity index is 2.20. The Morgan fingerprint density at radius 3 is 2.38 bits per heavy atom. The number of rotatable bonds is 2. The van der Waals surface area contributed by atoms with Crippen LogP contribution in [0.15, 0.2) is 48.5 Å². The lowest BCUT2D eigenvalue weighted by Crippen LogP contribution is -2.12. The number of aromatic nitrogens is 2. The van der Waals surface area contributed by atoms with Gasteiger partial charge in [0.1, 0.15) is 0 Å². The van der Waals surface area contributed by atoms with Gasteiger partial charge in [-0.1, -0.05) is 76.7 Å². The third-order valence-electron chi connectivity index (χ3n) is 3.15. The summed E-state index contributed by atoms with van der Waals surface area (Å²) in [7, 11) is 0. The second kappa shape index (κ2) is 5.69. The highest BCUT2D eigenvalue weighted by Gasteiger charge is 2.30. The minimum absolute atomic E-state index is 0.383. The molecule has 108 valence electrons. The van der Waals surface area contributed by atoms with Crippen molar-refractivity contribution in [2.75, 3.05) is 0 Å². The minimum Gasteiger partial charge on any atom is -0.320 e. The summed E-state index contributed by atoms with van der Waals surface area (Å²) in [6.07, 6.45) is 0. The Morgan fingerprint density at radius 1 is 1.00 bits per heavy atom. The molecule has 0 aliphatic carbocycles. The topological polar surface area (TPSA) is 17.8 Å². The zero-order chi connectivity index (χ0) is 15.0. The first-order chi connectivity index (χ1) is 9.95. The molecule has 3 rings (SSSR count). The van der Waals surface area contributed by atoms with E-state index < -0.39 is 3.79 Å². The van der Waals surface area contributed by atoms with Crippen molar-refractivity contribution in [3.05, 3.63) is 64.9 Å². The molecule has 0 unspecified atom stereocenters. The molecule has 0 saturated carbocycles. The lowest BCUT2D eigenvalue weighted by Gasteiger charge is -2.14. The molecule has 0 spiro atoms. The van der Waals surface area contributed by atoms with Gasteiger partial charge in [0.25, 0.3) is 0 Å². The van der Waals surface area contributed by atoms with E-state index in [2.05, 4.69) is 4.98 Å². The lowest BCUT2D eigenvalue weighted by atomic mass is 10.2. The van der Waals surface area contributed by atoms with E-state index >= 15 is 0 Å². The highest BCUT2D eigenvalue weighted by Crippen LogP contribution is 2.39. The molecule has 0 N–H and O–H groups in total. The van der Waals surface area contributed by atoms with Crippen LogP contribution < -0.4 is 0 Å². The van der Waals surface area contributed by atoms with Crippen molar-refractivity contribution in [1.29, 1.82) is 0 Å². The van der Waals surface area contributed by atoms with Gasteiger partial charge in [-0.25, -0.2) is 4.98 Å². The molecule has 2 aromatic carbocycles. The Morgan fingerprint density at radius 2 is 1.71 bits per heavy atom. The first kappa shape index (κ1) is 15.0. The molecule has 0 aliphatic heterocycles. The Hall–Kier alpha value is -0.930. The largest absolute Gasteiger partial charge is 0.320 e. The van der Waals surface area contributed by atoms with Gasteiger partial charge in [0.05, 0.1) is 11.0 Å². The van der Waals surface area contributed by atoms with Crippen LogP contribution in [0.1, 0.15) is 11.4 Å². The number of halogens is 4. The zero-order valence-corrected chi connectivity index (χ0v) is 13.8. The van der Waals surface area contributed by atoms with Crippen molar-refractivity contribution >= 4 is 57.4 Å². The molecule has 2 nitrogen and oxygen atoms in total. The predicted octanol–water partition coefficient (Wildman–Crippen LogP) is 5.56. The minimum atomic E-state index is -1.60. The number of imidazole rings is 1. The number of nitrogens with zero attached hydrogens (tertiary/aromatic N) is 2. The third-order valence-corrected chi connectivity index (χ3v) is 3.89. The molecule has 0 amide bonds. The Bertz CT molecular complexity index is 775. The van der Waals surface area contributed by atoms with Crippen molar-refractivity contribution in [3.8, 4) is 0 Å². The van der Waals surface area contributed by atoms with E-state index in [0.717, 1.165) is 16.6 Å². The van der Waals surface area contributed by atoms with Crippen LogP contribution in [-0.4, -0.2) is 9.55 Å². The smallest absolute Gasteiger partial charge is 0.248 e. The number of hydrogen-bond acceptors (Lipinski definition) is 1. The van der Waals surface area contributed by atoms with Crippen molar-refractivity contribution in [2.24, 2.45) is 0 Å². The van der Waals surface area contributed by atoms with Crippen molar-refractivity contribution in [1.82, 2.24) is 9.55 Å². The number of fused-ring (bicyclic) bond motifs is 1. The summed E-state index contributed by atoms with van der Waals surface area (Å²) in [6, 6.07) is 15.3. The van der Waals surface area contributed by atoms with Crippen LogP contribution >= 0.6 is 46.4 Å². The average molecular weight is 360 g/mol. The molecule has 0 fully saturated rings. The van der Waals surface area contributed by atoms with E-state index in [-0.39, 0.29) is 0 Å². The van der Waals surface area contributed by atoms with Gasteiger partial charge in [-0.15, -0.1) is 0 Å². The normalized spacial score (nSPS) is 12.0. The van der Waals surface area contributed by atoms with Crippen LogP contribution in [0.25, 0.3) is 11.0 Å². The molecule has 0 bridgehead atoms. The highest BCUT2D eigenvalue weighted by molar-refractivity contribution is 6.66. The quantitative estimate of drug-likeness (QED) is 0.547. The van der Waals surface area contributed by atoms with Gasteiger partial charge >= 0.3 is 0 Å². The summed E-state index contributed by atoms with van der Waals surface area (Å²) >= 11 is 24.2. The van der Waals surface area contributed by atoms with Gasteiger partial charge in [-0.2, -0.15) is 0 Å². The van der Waals surface area contributed by atoms with Crippen LogP contribution in [-0.2, 0) is 10.3 Å². The third kappa shape index (κ3) is 3.14. The van der Waals surface area contributed by atoms with Crippen LogP contribution in [0.5, 0.6) is 0 Å². The summed E-state index contributed by atoms with van der Waals surface area (Å²) in [5, 5.41) is 0.618. The average Bonchev–Trinajstić information content (AvgIpc) is 2.78. The van der Waals surface area contributed by atoms with Gasteiger partial charge in [0, 0.05) is 11.6 Å². The summed E-state index contributed by atoms with van der Waals surface area (Å²) in [4.78, 5) is 4.43. The fraction of sp³-hybridized carbons (Fsp3) is 0.133. The fourth-order valence-electron chi connectivity index (χ4n) is 2.24. The number of hydrogen-bond donors (Lipinski definition) is 0. The van der Waals surface area contributed by atoms with Crippen molar-refractivity contribution < 1.29 is 0 Å². The summed E-state index contributed by atoms with van der Waals surface area (Å²) < 4.78 is 0.282. The molecule has 0 saturated heterocycles. The summed E-state index contributed by atoms with van der Waals surface area (Å²) in [6.45, 7) is 0.556. The Labute approximate surface area is 142 Å². The maximum absolute atomic E-state index is 6.08. The summed E-state index contributed by atoms with van der Waals surface area (Å²) in [5.41, 5.74) is 2.68. The fourth-order valence-corrected chi connectivity index (χ4v) is 2.84. The molecule has 0 aliphatic rings. The van der Waals surface area contributed by atoms with E-state index in [1.54, 1.807) is 6.07 Å². The van der Waals surface area contributed by atoms with Gasteiger partial charge in [0.15, 0.2) is 5.82 Å². The monoisotopic (exact) mass is 358 g/mol. The summed E-state index contributed by atoms with van der Waals surface area (Å²) in [5.74, 6) is 0.383. The van der Waals surface area contributed by atoms with E-state index in [4.69, 9.17) is 46.4 Å². The molecule has 1 aromatic heterocycles. The van der Waals surface area contributed by atoms with Gasteiger partial charge < -0.3 is 4.57 Å². The SMILES string of the molecule is Clc1ccc2nc(C(Cl)(Cl)Cl)n(Cc3ccccc3)c2c1.